The van der Waals surface area contributed by atoms with E-state index in [2.05, 4.69) is 27.2 Å². The highest BCUT2D eigenvalue weighted by Gasteiger charge is 2.18. The summed E-state index contributed by atoms with van der Waals surface area (Å²) < 4.78 is 0. The van der Waals surface area contributed by atoms with E-state index in [4.69, 9.17) is 0 Å². The fraction of sp³-hybridized carbons (Fsp3) is 0.467. The molecule has 0 radical (unpaired) electrons. The smallest absolute Gasteiger partial charge is 0.230 e. The second-order valence-electron chi connectivity index (χ2n) is 5.49. The topological polar surface area (TPSA) is 61.0 Å². The van der Waals surface area contributed by atoms with Crippen molar-refractivity contribution in [2.45, 2.75) is 24.0 Å². The molecule has 0 atom stereocenters. The number of fused-ring (bicyclic) bond motifs is 1. The van der Waals surface area contributed by atoms with E-state index < -0.39 is 0 Å². The number of likely N-dealkylation sites (tertiary alicyclic amines) is 1. The lowest BCUT2D eigenvalue weighted by Gasteiger charge is -2.29. The molecular weight excluding hydrogens is 284 g/mol. The highest BCUT2D eigenvalue weighted by atomic mass is 32.2. The van der Waals surface area contributed by atoms with Crippen LogP contribution < -0.4 is 5.32 Å². The maximum absolute atomic E-state index is 12.0. The molecule has 1 aromatic heterocycles. The summed E-state index contributed by atoms with van der Waals surface area (Å²) in [5, 5.41) is 3.92. The molecule has 0 aliphatic carbocycles. The number of hydrogen-bond acceptors (Lipinski definition) is 4. The normalized spacial score (nSPS) is 17.2. The molecule has 1 aliphatic heterocycles. The number of benzene rings is 1. The van der Waals surface area contributed by atoms with E-state index in [0.29, 0.717) is 11.8 Å². The van der Waals surface area contributed by atoms with Gasteiger partial charge in [0.25, 0.3) is 0 Å². The fourth-order valence-corrected chi connectivity index (χ4v) is 3.25. The number of rotatable bonds is 4. The lowest BCUT2D eigenvalue weighted by Crippen LogP contribution is -2.43. The number of carbonyl (C=O) groups is 1. The maximum Gasteiger partial charge on any atom is 0.230 e. The number of imidazole rings is 1. The maximum atomic E-state index is 12.0. The molecule has 1 amide bonds. The Morgan fingerprint density at radius 3 is 2.95 bits per heavy atom. The highest BCUT2D eigenvalue weighted by Crippen LogP contribution is 2.19. The zero-order chi connectivity index (χ0) is 14.7. The van der Waals surface area contributed by atoms with E-state index in [1.54, 1.807) is 0 Å². The van der Waals surface area contributed by atoms with Gasteiger partial charge < -0.3 is 15.2 Å². The van der Waals surface area contributed by atoms with Gasteiger partial charge in [-0.25, -0.2) is 4.98 Å². The fourth-order valence-electron chi connectivity index (χ4n) is 2.55. The Kier molecular flexibility index (Phi) is 4.45. The third kappa shape index (κ3) is 3.77. The number of nitrogens with zero attached hydrogens (tertiary/aromatic N) is 2. The monoisotopic (exact) mass is 304 g/mol. The molecule has 0 bridgehead atoms. The van der Waals surface area contributed by atoms with Crippen LogP contribution in [0.25, 0.3) is 11.0 Å². The molecule has 3 rings (SSSR count). The molecule has 112 valence electrons. The molecule has 0 spiro atoms. The van der Waals surface area contributed by atoms with Crippen LogP contribution in [-0.4, -0.2) is 52.7 Å². The number of nitrogens with one attached hydrogen (secondary N) is 2. The van der Waals surface area contributed by atoms with Crippen LogP contribution >= 0.6 is 11.8 Å². The molecule has 2 N–H and O–H groups in total. The number of para-hydroxylation sites is 2. The molecule has 1 aromatic carbocycles. The van der Waals surface area contributed by atoms with Gasteiger partial charge in [-0.3, -0.25) is 4.79 Å². The lowest BCUT2D eigenvalue weighted by atomic mass is 10.1. The Hall–Kier alpha value is -1.53. The minimum atomic E-state index is 0.0926. The summed E-state index contributed by atoms with van der Waals surface area (Å²) in [5.74, 6) is 0.501. The van der Waals surface area contributed by atoms with Gasteiger partial charge in [-0.2, -0.15) is 0 Å². The number of carbonyl (C=O) groups excluding carboxylic acids is 1. The van der Waals surface area contributed by atoms with E-state index in [9.17, 15) is 4.79 Å². The number of thioether (sulfide) groups is 1. The molecule has 1 saturated heterocycles. The van der Waals surface area contributed by atoms with Crippen LogP contribution in [0.4, 0.5) is 0 Å². The summed E-state index contributed by atoms with van der Waals surface area (Å²) >= 11 is 1.45. The van der Waals surface area contributed by atoms with E-state index in [1.165, 1.54) is 11.8 Å². The summed E-state index contributed by atoms with van der Waals surface area (Å²) in [6.07, 6.45) is 2.08. The number of amides is 1. The SMILES string of the molecule is CN1CCC(NC(=O)CSc2nc3ccccc3[nH]2)CC1. The van der Waals surface area contributed by atoms with Crippen LogP contribution in [0.5, 0.6) is 0 Å². The number of aromatic nitrogens is 2. The van der Waals surface area contributed by atoms with E-state index in [-0.39, 0.29) is 5.91 Å². The van der Waals surface area contributed by atoms with Crippen molar-refractivity contribution < 1.29 is 4.79 Å². The summed E-state index contributed by atoms with van der Waals surface area (Å²) in [6, 6.07) is 8.22. The van der Waals surface area contributed by atoms with Gasteiger partial charge in [-0.15, -0.1) is 0 Å². The Balaban J connectivity index is 1.49. The Labute approximate surface area is 128 Å². The van der Waals surface area contributed by atoms with Crippen molar-refractivity contribution >= 4 is 28.7 Å². The zero-order valence-electron chi connectivity index (χ0n) is 12.1. The second-order valence-corrected chi connectivity index (χ2v) is 6.46. The van der Waals surface area contributed by atoms with Crippen LogP contribution in [0.15, 0.2) is 29.4 Å². The number of hydrogen-bond donors (Lipinski definition) is 2. The first-order chi connectivity index (χ1) is 10.2. The minimum absolute atomic E-state index is 0.0926. The van der Waals surface area contributed by atoms with Gasteiger partial charge in [-0.05, 0) is 45.1 Å². The standard InChI is InChI=1S/C15H20N4OS/c1-19-8-6-11(7-9-19)16-14(20)10-21-15-17-12-4-2-3-5-13(12)18-15/h2-5,11H,6-10H2,1H3,(H,16,20)(H,17,18). The van der Waals surface area contributed by atoms with Crippen LogP contribution in [0.3, 0.4) is 0 Å². The third-order valence-corrected chi connectivity index (χ3v) is 4.66. The molecule has 6 heteroatoms. The first-order valence-corrected chi connectivity index (χ1v) is 8.25. The molecule has 2 heterocycles. The third-order valence-electron chi connectivity index (χ3n) is 3.79. The van der Waals surface area contributed by atoms with E-state index >= 15 is 0 Å². The number of piperidine rings is 1. The number of aromatic amines is 1. The van der Waals surface area contributed by atoms with Gasteiger partial charge in [0.1, 0.15) is 0 Å². The van der Waals surface area contributed by atoms with Gasteiger partial charge >= 0.3 is 0 Å². The van der Waals surface area contributed by atoms with Crippen LogP contribution in [0, 0.1) is 0 Å². The van der Waals surface area contributed by atoms with Gasteiger partial charge in [0.05, 0.1) is 16.8 Å². The summed E-state index contributed by atoms with van der Waals surface area (Å²) in [6.45, 7) is 2.11. The Bertz CT molecular complexity index is 586. The molecule has 0 saturated carbocycles. The van der Waals surface area contributed by atoms with Crippen molar-refractivity contribution in [1.29, 1.82) is 0 Å². The summed E-state index contributed by atoms with van der Waals surface area (Å²) in [4.78, 5) is 22.0. The molecule has 2 aromatic rings. The summed E-state index contributed by atoms with van der Waals surface area (Å²) in [7, 11) is 2.12. The second kappa shape index (κ2) is 6.49. The zero-order valence-corrected chi connectivity index (χ0v) is 12.9. The largest absolute Gasteiger partial charge is 0.353 e. The van der Waals surface area contributed by atoms with Crippen LogP contribution in [0.1, 0.15) is 12.8 Å². The predicted molar refractivity (Wildman–Crippen MR) is 85.5 cm³/mol. The van der Waals surface area contributed by atoms with Crippen molar-refractivity contribution in [3.8, 4) is 0 Å². The first kappa shape index (κ1) is 14.4. The molecule has 5 nitrogen and oxygen atoms in total. The molecule has 1 aliphatic rings. The van der Waals surface area contributed by atoms with Crippen molar-refractivity contribution in [1.82, 2.24) is 20.2 Å². The van der Waals surface area contributed by atoms with Gasteiger partial charge in [0, 0.05) is 6.04 Å². The van der Waals surface area contributed by atoms with Gasteiger partial charge in [0.2, 0.25) is 5.91 Å². The minimum Gasteiger partial charge on any atom is -0.353 e. The van der Waals surface area contributed by atoms with Gasteiger partial charge in [-0.1, -0.05) is 23.9 Å². The molecular formula is C15H20N4OS. The highest BCUT2D eigenvalue weighted by molar-refractivity contribution is 7.99. The van der Waals surface area contributed by atoms with Crippen molar-refractivity contribution in [2.24, 2.45) is 0 Å². The average molecular weight is 304 g/mol. The quantitative estimate of drug-likeness (QED) is 0.847. The summed E-state index contributed by atoms with van der Waals surface area (Å²) in [5.41, 5.74) is 1.95. The van der Waals surface area contributed by atoms with Crippen LogP contribution in [-0.2, 0) is 4.79 Å². The first-order valence-electron chi connectivity index (χ1n) is 7.26. The molecule has 21 heavy (non-hydrogen) atoms. The average Bonchev–Trinajstić information content (AvgIpc) is 2.90. The Morgan fingerprint density at radius 1 is 1.43 bits per heavy atom. The van der Waals surface area contributed by atoms with Crippen molar-refractivity contribution in [3.05, 3.63) is 24.3 Å². The van der Waals surface area contributed by atoms with E-state index in [0.717, 1.165) is 42.1 Å². The van der Waals surface area contributed by atoms with Crippen molar-refractivity contribution in [3.63, 3.8) is 0 Å². The van der Waals surface area contributed by atoms with E-state index in [1.807, 2.05) is 24.3 Å². The van der Waals surface area contributed by atoms with Crippen molar-refractivity contribution in [2.75, 3.05) is 25.9 Å². The lowest BCUT2D eigenvalue weighted by molar-refractivity contribution is -0.119. The molecule has 0 unspecified atom stereocenters. The Morgan fingerprint density at radius 2 is 2.19 bits per heavy atom. The predicted octanol–water partition coefficient (Wildman–Crippen LogP) is 1.87. The molecule has 1 fully saturated rings. The number of H-pyrrole nitrogens is 1. The van der Waals surface area contributed by atoms with Gasteiger partial charge in [0.15, 0.2) is 5.16 Å². The van der Waals surface area contributed by atoms with Crippen LogP contribution in [0.2, 0.25) is 0 Å².